The third-order valence-electron chi connectivity index (χ3n) is 3.75. The fourth-order valence-electron chi connectivity index (χ4n) is 2.65. The van der Waals surface area contributed by atoms with Crippen molar-refractivity contribution in [3.05, 3.63) is 56.0 Å². The summed E-state index contributed by atoms with van der Waals surface area (Å²) in [5.41, 5.74) is 0.410. The quantitative estimate of drug-likeness (QED) is 0.515. The average Bonchev–Trinajstić information content (AvgIpc) is 2.87. The highest BCUT2D eigenvalue weighted by Crippen LogP contribution is 2.39. The van der Waals surface area contributed by atoms with E-state index in [-0.39, 0.29) is 33.8 Å². The molecule has 0 saturated carbocycles. The lowest BCUT2D eigenvalue weighted by Gasteiger charge is -2.08. The third-order valence-corrected chi connectivity index (χ3v) is 4.54. The first kappa shape index (κ1) is 14.5. The molecule has 2 aromatic carbocycles. The van der Waals surface area contributed by atoms with Crippen LogP contribution in [0.2, 0.25) is 0 Å². The molecule has 2 N–H and O–H groups in total. The molecule has 0 fully saturated rings. The number of phenolic OH excluding ortho intramolecular Hbond substituents is 1. The lowest BCUT2D eigenvalue weighted by Crippen LogP contribution is -2.04. The van der Waals surface area contributed by atoms with Crippen molar-refractivity contribution in [2.24, 2.45) is 0 Å². The van der Waals surface area contributed by atoms with E-state index in [1.165, 1.54) is 12.1 Å². The van der Waals surface area contributed by atoms with Crippen LogP contribution in [0, 0.1) is 6.92 Å². The van der Waals surface area contributed by atoms with Gasteiger partial charge in [0.05, 0.1) is 10.1 Å². The summed E-state index contributed by atoms with van der Waals surface area (Å²) < 4.78 is 10.7. The number of hydrogen-bond acceptors (Lipinski definition) is 7. The Hall–Kier alpha value is -3.06. The standard InChI is InChI=1S/C17H10O6S/c1-7-2-3-11-9(4-7)15(19)14(16(20)22-11)8-5-12-13(6-10(8)18)24-17(21)23-12/h2-6,18-19H,1H3. The fourth-order valence-corrected chi connectivity index (χ4v) is 3.33. The Balaban J connectivity index is 2.11. The van der Waals surface area contributed by atoms with E-state index in [9.17, 15) is 19.8 Å². The van der Waals surface area contributed by atoms with E-state index in [0.29, 0.717) is 10.1 Å². The van der Waals surface area contributed by atoms with Crippen molar-refractivity contribution in [1.82, 2.24) is 0 Å². The van der Waals surface area contributed by atoms with Gasteiger partial charge in [0.25, 0.3) is 0 Å². The smallest absolute Gasteiger partial charge is 0.396 e. The Bertz CT molecular complexity index is 1230. The Morgan fingerprint density at radius 2 is 1.79 bits per heavy atom. The number of rotatable bonds is 1. The number of benzene rings is 2. The predicted molar refractivity (Wildman–Crippen MR) is 89.9 cm³/mol. The van der Waals surface area contributed by atoms with Gasteiger partial charge in [-0.3, -0.25) is 0 Å². The third kappa shape index (κ3) is 2.10. The number of aromatic hydroxyl groups is 2. The molecule has 0 radical (unpaired) electrons. The van der Waals surface area contributed by atoms with Crippen LogP contribution in [0.5, 0.6) is 11.5 Å². The number of fused-ring (bicyclic) bond motifs is 2. The first-order chi connectivity index (χ1) is 11.4. The van der Waals surface area contributed by atoms with Gasteiger partial charge in [-0.05, 0) is 25.1 Å². The molecule has 0 saturated heterocycles. The van der Waals surface area contributed by atoms with Crippen LogP contribution in [-0.2, 0) is 0 Å². The second-order valence-corrected chi connectivity index (χ2v) is 6.36. The van der Waals surface area contributed by atoms with Crippen molar-refractivity contribution < 1.29 is 19.0 Å². The van der Waals surface area contributed by atoms with E-state index in [0.717, 1.165) is 16.9 Å². The Morgan fingerprint density at radius 1 is 1.00 bits per heavy atom. The number of phenols is 1. The van der Waals surface area contributed by atoms with E-state index >= 15 is 0 Å². The van der Waals surface area contributed by atoms with Gasteiger partial charge in [0.1, 0.15) is 28.2 Å². The summed E-state index contributed by atoms with van der Waals surface area (Å²) in [6.07, 6.45) is 0. The van der Waals surface area contributed by atoms with Crippen LogP contribution >= 0.6 is 11.3 Å². The molecule has 0 aliphatic heterocycles. The molecule has 24 heavy (non-hydrogen) atoms. The van der Waals surface area contributed by atoms with Crippen molar-refractivity contribution in [3.63, 3.8) is 0 Å². The molecule has 0 atom stereocenters. The highest BCUT2D eigenvalue weighted by Gasteiger charge is 2.20. The Morgan fingerprint density at radius 3 is 2.58 bits per heavy atom. The minimum atomic E-state index is -0.795. The van der Waals surface area contributed by atoms with Gasteiger partial charge in [0, 0.05) is 11.6 Å². The van der Waals surface area contributed by atoms with Gasteiger partial charge in [0.15, 0.2) is 0 Å². The van der Waals surface area contributed by atoms with E-state index < -0.39 is 10.6 Å². The SMILES string of the molecule is Cc1ccc2oc(=O)c(-c3cc4oc(=O)sc4cc3O)c(O)c2c1. The Kier molecular flexibility index (Phi) is 3.01. The number of hydrogen-bond donors (Lipinski definition) is 2. The average molecular weight is 342 g/mol. The summed E-state index contributed by atoms with van der Waals surface area (Å²) in [6, 6.07) is 7.69. The van der Waals surface area contributed by atoms with Crippen LogP contribution in [0.1, 0.15) is 5.56 Å². The maximum atomic E-state index is 12.3. The zero-order valence-corrected chi connectivity index (χ0v) is 13.1. The van der Waals surface area contributed by atoms with Gasteiger partial charge in [0.2, 0.25) is 0 Å². The molecule has 0 spiro atoms. The van der Waals surface area contributed by atoms with Crippen LogP contribution < -0.4 is 10.6 Å². The van der Waals surface area contributed by atoms with Gasteiger partial charge >= 0.3 is 10.6 Å². The van der Waals surface area contributed by atoms with Crippen molar-refractivity contribution in [2.75, 3.05) is 0 Å². The highest BCUT2D eigenvalue weighted by molar-refractivity contribution is 7.16. The summed E-state index contributed by atoms with van der Waals surface area (Å²) in [6.45, 7) is 1.84. The second kappa shape index (κ2) is 4.97. The second-order valence-electron chi connectivity index (χ2n) is 5.38. The molecule has 6 nitrogen and oxygen atoms in total. The van der Waals surface area contributed by atoms with E-state index in [2.05, 4.69) is 0 Å². The molecule has 0 bridgehead atoms. The summed E-state index contributed by atoms with van der Waals surface area (Å²) in [4.78, 5) is 23.1. The van der Waals surface area contributed by atoms with Gasteiger partial charge in [-0.2, -0.15) is 0 Å². The monoisotopic (exact) mass is 342 g/mol. The normalized spacial score (nSPS) is 11.4. The van der Waals surface area contributed by atoms with E-state index in [4.69, 9.17) is 8.83 Å². The van der Waals surface area contributed by atoms with Crippen LogP contribution in [0.4, 0.5) is 0 Å². The summed E-state index contributed by atoms with van der Waals surface area (Å²) in [5, 5.41) is 21.1. The van der Waals surface area contributed by atoms with Crippen molar-refractivity contribution in [1.29, 1.82) is 0 Å². The lowest BCUT2D eigenvalue weighted by molar-refractivity contribution is 0.463. The first-order valence-electron chi connectivity index (χ1n) is 6.97. The van der Waals surface area contributed by atoms with Crippen molar-refractivity contribution >= 4 is 32.6 Å². The van der Waals surface area contributed by atoms with E-state index in [1.54, 1.807) is 18.2 Å². The molecule has 7 heteroatoms. The summed E-state index contributed by atoms with van der Waals surface area (Å²) >= 11 is 0.837. The zero-order chi connectivity index (χ0) is 17.0. The molecule has 4 aromatic rings. The van der Waals surface area contributed by atoms with Crippen molar-refractivity contribution in [3.8, 4) is 22.6 Å². The zero-order valence-electron chi connectivity index (χ0n) is 12.3. The van der Waals surface area contributed by atoms with E-state index in [1.807, 2.05) is 6.92 Å². The molecule has 4 rings (SSSR count). The van der Waals surface area contributed by atoms with Gasteiger partial charge in [-0.15, -0.1) is 0 Å². The van der Waals surface area contributed by atoms with Gasteiger partial charge in [-0.1, -0.05) is 23.0 Å². The maximum Gasteiger partial charge on any atom is 0.396 e. The molecule has 0 unspecified atom stereocenters. The fraction of sp³-hybridized carbons (Fsp3) is 0.0588. The van der Waals surface area contributed by atoms with Crippen LogP contribution in [0.3, 0.4) is 0 Å². The van der Waals surface area contributed by atoms with Crippen LogP contribution in [-0.4, -0.2) is 10.2 Å². The molecule has 2 heterocycles. The molecule has 0 aliphatic rings. The van der Waals surface area contributed by atoms with Gasteiger partial charge < -0.3 is 19.0 Å². The minimum Gasteiger partial charge on any atom is -0.507 e. The van der Waals surface area contributed by atoms with Crippen LogP contribution in [0.25, 0.3) is 32.4 Å². The number of aryl methyl sites for hydroxylation is 1. The highest BCUT2D eigenvalue weighted by atomic mass is 32.1. The molecule has 0 aliphatic carbocycles. The van der Waals surface area contributed by atoms with Crippen LogP contribution in [0.15, 0.2) is 48.8 Å². The molecule has 120 valence electrons. The Labute approximate surface area is 137 Å². The minimum absolute atomic E-state index is 0.0405. The largest absolute Gasteiger partial charge is 0.507 e. The molecule has 0 amide bonds. The predicted octanol–water partition coefficient (Wildman–Crippen LogP) is 3.35. The molecule has 2 aromatic heterocycles. The summed E-state index contributed by atoms with van der Waals surface area (Å²) in [7, 11) is 0. The first-order valence-corrected chi connectivity index (χ1v) is 7.79. The topological polar surface area (TPSA) is 101 Å². The molecular weight excluding hydrogens is 332 g/mol. The summed E-state index contributed by atoms with van der Waals surface area (Å²) in [5.74, 6) is -0.550. The molecular formula is C17H10O6S. The lowest BCUT2D eigenvalue weighted by atomic mass is 10.0. The maximum absolute atomic E-state index is 12.3. The van der Waals surface area contributed by atoms with Crippen molar-refractivity contribution in [2.45, 2.75) is 6.92 Å². The van der Waals surface area contributed by atoms with Gasteiger partial charge in [-0.25, -0.2) is 9.59 Å².